The van der Waals surface area contributed by atoms with Crippen molar-refractivity contribution in [1.82, 2.24) is 0 Å². The van der Waals surface area contributed by atoms with E-state index in [2.05, 4.69) is 151 Å². The van der Waals surface area contributed by atoms with Crippen LogP contribution in [-0.4, -0.2) is 91.9 Å². The van der Waals surface area contributed by atoms with Crippen LogP contribution >= 0.6 is 97.1 Å². The van der Waals surface area contributed by atoms with Gasteiger partial charge in [-0.05, 0) is 0 Å². The van der Waals surface area contributed by atoms with Gasteiger partial charge in [0.15, 0.2) is 0 Å². The number of halogens is 8. The fourth-order valence-electron chi connectivity index (χ4n) is 7.32. The predicted molar refractivity (Wildman–Crippen MR) is 331 cm³/mol. The fraction of sp³-hybridized carbons (Fsp3) is 0.444. The van der Waals surface area contributed by atoms with Crippen LogP contribution < -0.4 is 17.9 Å². The van der Waals surface area contributed by atoms with E-state index in [9.17, 15) is 0 Å². The molecular formula is C54H80BrCl7Sn5. The van der Waals surface area contributed by atoms with E-state index in [1.54, 1.807) is 25.4 Å². The fourth-order valence-corrected chi connectivity index (χ4v) is 44.4. The summed E-state index contributed by atoms with van der Waals surface area (Å²) >= 11 is 35.4. The molecule has 5 rings (SSSR count). The standard InChI is InChI=1S/C6H4Br.C6H2Cl3.C6H3Cl2.2C6H4Cl.3C4H9.12CH3.5Sn/c7-6-4-2-1-3-5-6;7-4-1-5(8)3-6(9)2-4;7-5-2-1-3-6(8)4-5;2*7-6-4-2-1-3-5-6;3*1-3-4-2;;;;;;;;;;;;;;;;;/h2-5H;1-2H;2-4H;2-5H;1-2,4-5H;3*1,3-4H2,2H3;12*1H3;;;;;. The van der Waals surface area contributed by atoms with Gasteiger partial charge in [-0.25, -0.2) is 0 Å². The van der Waals surface area contributed by atoms with Crippen LogP contribution in [0, 0.1) is 0 Å². The predicted octanol–water partition coefficient (Wildman–Crippen LogP) is 20.0. The molecule has 0 aromatic heterocycles. The summed E-state index contributed by atoms with van der Waals surface area (Å²) in [6, 6.07) is 35.4. The van der Waals surface area contributed by atoms with Crippen molar-refractivity contribution in [3.8, 4) is 0 Å². The van der Waals surface area contributed by atoms with Gasteiger partial charge >= 0.3 is 482 Å². The maximum absolute atomic E-state index is 6.29. The quantitative estimate of drug-likeness (QED) is 0.0972. The van der Waals surface area contributed by atoms with E-state index in [1.165, 1.54) is 63.5 Å². The third-order valence-electron chi connectivity index (χ3n) is 11.4. The molecule has 0 spiro atoms. The van der Waals surface area contributed by atoms with Crippen LogP contribution in [0.5, 0.6) is 0 Å². The number of rotatable bonds is 14. The van der Waals surface area contributed by atoms with E-state index in [0.29, 0.717) is 5.02 Å². The number of benzene rings is 5. The first-order valence-corrected chi connectivity index (χ1v) is 74.7. The zero-order valence-electron chi connectivity index (χ0n) is 43.2. The second kappa shape index (κ2) is 32.9. The molecule has 67 heavy (non-hydrogen) atoms. The van der Waals surface area contributed by atoms with E-state index >= 15 is 0 Å². The van der Waals surface area contributed by atoms with Gasteiger partial charge in [-0.3, -0.25) is 0 Å². The molecule has 0 N–H and O–H groups in total. The monoisotopic (exact) mass is 1650 g/mol. The minimum absolute atomic E-state index is 0.606. The van der Waals surface area contributed by atoms with Crippen LogP contribution in [0.4, 0.5) is 0 Å². The van der Waals surface area contributed by atoms with Crippen LogP contribution in [0.1, 0.15) is 59.3 Å². The molecule has 0 atom stereocenters. The summed E-state index contributed by atoms with van der Waals surface area (Å²) in [5, 5.41) is 5.33. The Bertz CT molecular complexity index is 2070. The van der Waals surface area contributed by atoms with E-state index in [0.717, 1.165) is 33.7 Å². The molecular weight excluding hydrogens is 1570 g/mol. The Hall–Kier alpha value is 2.60. The Morgan fingerprint density at radius 1 is 0.358 bits per heavy atom. The van der Waals surface area contributed by atoms with Crippen molar-refractivity contribution in [2.45, 2.75) is 132 Å². The first-order valence-electron chi connectivity index (χ1n) is 23.8. The van der Waals surface area contributed by atoms with Crippen molar-refractivity contribution in [3.05, 3.63) is 143 Å². The Morgan fingerprint density at radius 2 is 0.716 bits per heavy atom. The van der Waals surface area contributed by atoms with E-state index in [-0.39, 0.29) is 0 Å². The van der Waals surface area contributed by atoms with Gasteiger partial charge in [-0.15, -0.1) is 0 Å². The molecule has 372 valence electrons. The summed E-state index contributed by atoms with van der Waals surface area (Å²) in [5.41, 5.74) is 0. The van der Waals surface area contributed by atoms with Crippen LogP contribution in [0.3, 0.4) is 0 Å². The zero-order chi connectivity index (χ0) is 51.4. The third-order valence-corrected chi connectivity index (χ3v) is 53.5. The van der Waals surface area contributed by atoms with E-state index in [4.69, 9.17) is 81.2 Å². The summed E-state index contributed by atoms with van der Waals surface area (Å²) in [4.78, 5) is 28.3. The second-order valence-corrected chi connectivity index (χ2v) is 96.4. The molecule has 0 saturated heterocycles. The van der Waals surface area contributed by atoms with Gasteiger partial charge in [0.1, 0.15) is 0 Å². The van der Waals surface area contributed by atoms with Crippen molar-refractivity contribution >= 4 is 207 Å². The molecule has 0 aliphatic heterocycles. The number of hydrogen-bond donors (Lipinski definition) is 0. The zero-order valence-corrected chi connectivity index (χ0v) is 64.4. The molecule has 0 aliphatic rings. The van der Waals surface area contributed by atoms with Gasteiger partial charge in [0.2, 0.25) is 0 Å². The summed E-state index contributed by atoms with van der Waals surface area (Å²) < 4.78 is 13.1. The molecule has 0 bridgehead atoms. The van der Waals surface area contributed by atoms with Gasteiger partial charge in [0.25, 0.3) is 0 Å². The van der Waals surface area contributed by atoms with Gasteiger partial charge in [-0.1, -0.05) is 0 Å². The number of hydrogen-bond acceptors (Lipinski definition) is 0. The maximum atomic E-state index is 6.29. The molecule has 5 aromatic rings. The van der Waals surface area contributed by atoms with Crippen molar-refractivity contribution < 1.29 is 0 Å². The summed E-state index contributed by atoms with van der Waals surface area (Å²) in [6.07, 6.45) is 8.23. The molecule has 0 nitrogen and oxygen atoms in total. The average molecular weight is 1650 g/mol. The Labute approximate surface area is 474 Å². The molecule has 13 heteroatoms. The average Bonchev–Trinajstić information content (AvgIpc) is 3.20. The Morgan fingerprint density at radius 3 is 1.06 bits per heavy atom. The summed E-state index contributed by atoms with van der Waals surface area (Å²) in [6.45, 7) is 6.98. The van der Waals surface area contributed by atoms with Crippen LogP contribution in [-0.2, 0) is 0 Å². The topological polar surface area (TPSA) is 0 Å². The van der Waals surface area contributed by atoms with Gasteiger partial charge in [0.05, 0.1) is 0 Å². The molecule has 5 aromatic carbocycles. The van der Waals surface area contributed by atoms with Crippen molar-refractivity contribution in [1.29, 1.82) is 0 Å². The second-order valence-electron chi connectivity index (χ2n) is 21.5. The SMILES string of the molecule is CCC[CH2][Sn]([CH2]CCC)([CH2]CCC)[c]1cccc(Cl)c1.[CH3][Sn]([CH3])([CH3])[c]1c(Cl)cc(Cl)cc1Cl.[CH3][Sn]([CH3])([CH3])[c]1cc(Cl)cc(Cl)c1.[CH3][Sn]([CH3])([CH3])[c]1ccc(Br)cc1.[CH3][Sn]([CH3])([CH3])[c]1ccc(Cl)cc1. The summed E-state index contributed by atoms with van der Waals surface area (Å²) in [7, 11) is 0. The molecule has 0 unspecified atom stereocenters. The van der Waals surface area contributed by atoms with Crippen molar-refractivity contribution in [2.75, 3.05) is 0 Å². The van der Waals surface area contributed by atoms with Crippen LogP contribution in [0.2, 0.25) is 108 Å². The van der Waals surface area contributed by atoms with Crippen molar-refractivity contribution in [3.63, 3.8) is 0 Å². The normalized spacial score (nSPS) is 11.7. The van der Waals surface area contributed by atoms with E-state index < -0.39 is 91.9 Å². The van der Waals surface area contributed by atoms with E-state index in [1.807, 2.05) is 30.3 Å². The Balaban J connectivity index is 0.000000428. The summed E-state index contributed by atoms with van der Waals surface area (Å²) in [5.74, 6) is 0. The van der Waals surface area contributed by atoms with Crippen molar-refractivity contribution in [2.24, 2.45) is 0 Å². The van der Waals surface area contributed by atoms with Gasteiger partial charge < -0.3 is 0 Å². The number of unbranched alkanes of at least 4 members (excludes halogenated alkanes) is 3. The first kappa shape index (κ1) is 67.6. The molecule has 0 heterocycles. The Kier molecular flexibility index (Phi) is 33.2. The molecule has 0 radical (unpaired) electrons. The van der Waals surface area contributed by atoms with Crippen LogP contribution in [0.15, 0.2) is 108 Å². The van der Waals surface area contributed by atoms with Gasteiger partial charge in [-0.2, -0.15) is 0 Å². The molecule has 0 amide bonds. The molecule has 0 saturated carbocycles. The third kappa shape index (κ3) is 27.3. The minimum atomic E-state index is -2.22. The first-order chi connectivity index (χ1) is 30.9. The molecule has 0 fully saturated rings. The van der Waals surface area contributed by atoms with Gasteiger partial charge in [0, 0.05) is 0 Å². The molecule has 0 aliphatic carbocycles. The van der Waals surface area contributed by atoms with Crippen LogP contribution in [0.25, 0.3) is 0 Å².